The molecule has 2 aliphatic rings. The van der Waals surface area contributed by atoms with Crippen LogP contribution in [0.1, 0.15) is 37.7 Å². The summed E-state index contributed by atoms with van der Waals surface area (Å²) in [7, 11) is 0. The molecule has 0 spiro atoms. The molecule has 1 saturated carbocycles. The van der Waals surface area contributed by atoms with Gasteiger partial charge in [0, 0.05) is 16.7 Å². The van der Waals surface area contributed by atoms with E-state index in [-0.39, 0.29) is 0 Å². The largest absolute Gasteiger partial charge is 0.258 e. The van der Waals surface area contributed by atoms with Crippen LogP contribution in [0.3, 0.4) is 0 Å². The maximum atomic E-state index is 6.05. The number of hydrogen-bond donors (Lipinski definition) is 0. The molecule has 78 valence electrons. The summed E-state index contributed by atoms with van der Waals surface area (Å²) in [6.45, 7) is 2.17. The standard InChI is InChI=1S/C13H14ClN/c1-8-10-3-2-4-11(10)12-7-9(14)5-6-13(12)15-8/h5-7,10-11H,2-4H2,1H3. The van der Waals surface area contributed by atoms with Gasteiger partial charge >= 0.3 is 0 Å². The Morgan fingerprint density at radius 3 is 2.93 bits per heavy atom. The fourth-order valence-corrected chi connectivity index (χ4v) is 3.21. The van der Waals surface area contributed by atoms with E-state index < -0.39 is 0 Å². The smallest absolute Gasteiger partial charge is 0.0665 e. The molecule has 1 fully saturated rings. The highest BCUT2D eigenvalue weighted by atomic mass is 35.5. The Morgan fingerprint density at radius 1 is 1.27 bits per heavy atom. The van der Waals surface area contributed by atoms with Crippen LogP contribution < -0.4 is 0 Å². The Labute approximate surface area is 95.2 Å². The van der Waals surface area contributed by atoms with Crippen LogP contribution in [0, 0.1) is 5.92 Å². The Morgan fingerprint density at radius 2 is 2.07 bits per heavy atom. The van der Waals surface area contributed by atoms with Crippen molar-refractivity contribution in [3.63, 3.8) is 0 Å². The number of rotatable bonds is 0. The minimum Gasteiger partial charge on any atom is -0.258 e. The molecule has 1 heterocycles. The van der Waals surface area contributed by atoms with Gasteiger partial charge in [-0.1, -0.05) is 18.0 Å². The predicted molar refractivity (Wildman–Crippen MR) is 64.3 cm³/mol. The molecule has 0 N–H and O–H groups in total. The fourth-order valence-electron chi connectivity index (χ4n) is 3.03. The quantitative estimate of drug-likeness (QED) is 0.616. The first-order valence-electron chi connectivity index (χ1n) is 5.60. The normalized spacial score (nSPS) is 28.3. The maximum Gasteiger partial charge on any atom is 0.0665 e. The molecule has 2 heteroatoms. The molecule has 1 aliphatic carbocycles. The molecule has 1 aromatic carbocycles. The molecule has 3 rings (SSSR count). The van der Waals surface area contributed by atoms with Gasteiger partial charge in [0.1, 0.15) is 0 Å². The van der Waals surface area contributed by atoms with E-state index in [0.29, 0.717) is 11.8 Å². The molecule has 2 atom stereocenters. The van der Waals surface area contributed by atoms with Crippen molar-refractivity contribution in [1.29, 1.82) is 0 Å². The zero-order chi connectivity index (χ0) is 10.4. The van der Waals surface area contributed by atoms with Gasteiger partial charge in [0.2, 0.25) is 0 Å². The lowest BCUT2D eigenvalue weighted by atomic mass is 9.83. The number of benzene rings is 1. The van der Waals surface area contributed by atoms with E-state index in [4.69, 9.17) is 11.6 Å². The van der Waals surface area contributed by atoms with Gasteiger partial charge in [0.25, 0.3) is 0 Å². The molecule has 1 aliphatic heterocycles. The van der Waals surface area contributed by atoms with Crippen LogP contribution in [0.2, 0.25) is 5.02 Å². The predicted octanol–water partition coefficient (Wildman–Crippen LogP) is 4.33. The van der Waals surface area contributed by atoms with Crippen molar-refractivity contribution >= 4 is 23.0 Å². The summed E-state index contributed by atoms with van der Waals surface area (Å²) in [5.74, 6) is 1.35. The lowest BCUT2D eigenvalue weighted by Crippen LogP contribution is -2.18. The molecule has 0 amide bonds. The van der Waals surface area contributed by atoms with Gasteiger partial charge in [-0.3, -0.25) is 4.99 Å². The number of halogens is 1. The van der Waals surface area contributed by atoms with Crippen LogP contribution in [0.15, 0.2) is 23.2 Å². The van der Waals surface area contributed by atoms with Gasteiger partial charge in [0.15, 0.2) is 0 Å². The van der Waals surface area contributed by atoms with Crippen molar-refractivity contribution in [2.45, 2.75) is 32.1 Å². The topological polar surface area (TPSA) is 12.4 Å². The third-order valence-electron chi connectivity index (χ3n) is 3.74. The minimum atomic E-state index is 0.677. The fraction of sp³-hybridized carbons (Fsp3) is 0.462. The van der Waals surface area contributed by atoms with E-state index >= 15 is 0 Å². The molecular formula is C13H14ClN. The van der Waals surface area contributed by atoms with Crippen molar-refractivity contribution in [2.75, 3.05) is 0 Å². The van der Waals surface area contributed by atoms with Gasteiger partial charge in [-0.25, -0.2) is 0 Å². The highest BCUT2D eigenvalue weighted by Crippen LogP contribution is 2.47. The first-order chi connectivity index (χ1) is 7.25. The van der Waals surface area contributed by atoms with Crippen LogP contribution in [0.4, 0.5) is 5.69 Å². The average Bonchev–Trinajstić information content (AvgIpc) is 2.69. The second-order valence-electron chi connectivity index (χ2n) is 4.60. The molecule has 1 aromatic rings. The van der Waals surface area contributed by atoms with Crippen molar-refractivity contribution < 1.29 is 0 Å². The second-order valence-corrected chi connectivity index (χ2v) is 5.04. The summed E-state index contributed by atoms with van der Waals surface area (Å²) in [5, 5.41) is 0.842. The van der Waals surface area contributed by atoms with Gasteiger partial charge in [-0.2, -0.15) is 0 Å². The summed E-state index contributed by atoms with van der Waals surface area (Å²) in [5.41, 5.74) is 3.82. The van der Waals surface area contributed by atoms with Gasteiger partial charge in [0.05, 0.1) is 5.69 Å². The SMILES string of the molecule is CC1=Nc2ccc(Cl)cc2C2CCCC12. The number of hydrogen-bond acceptors (Lipinski definition) is 1. The van der Waals surface area contributed by atoms with Gasteiger partial charge in [-0.15, -0.1) is 0 Å². The number of nitrogens with zero attached hydrogens (tertiary/aromatic N) is 1. The van der Waals surface area contributed by atoms with Crippen molar-refractivity contribution in [1.82, 2.24) is 0 Å². The van der Waals surface area contributed by atoms with Crippen LogP contribution in [-0.2, 0) is 0 Å². The summed E-state index contributed by atoms with van der Waals surface area (Å²) < 4.78 is 0. The highest BCUT2D eigenvalue weighted by Gasteiger charge is 2.34. The third kappa shape index (κ3) is 1.41. The number of fused-ring (bicyclic) bond motifs is 3. The van der Waals surface area contributed by atoms with E-state index in [1.807, 2.05) is 6.07 Å². The van der Waals surface area contributed by atoms with Crippen molar-refractivity contribution in [3.8, 4) is 0 Å². The molecule has 0 saturated heterocycles. The Hall–Kier alpha value is -0.820. The average molecular weight is 220 g/mol. The molecular weight excluding hydrogens is 206 g/mol. The molecule has 1 nitrogen and oxygen atoms in total. The summed E-state index contributed by atoms with van der Waals surface area (Å²) in [6.07, 6.45) is 3.92. The van der Waals surface area contributed by atoms with Gasteiger partial charge < -0.3 is 0 Å². The number of aliphatic imine (C=N–C) groups is 1. The molecule has 2 unspecified atom stereocenters. The molecule has 15 heavy (non-hydrogen) atoms. The second kappa shape index (κ2) is 3.34. The van der Waals surface area contributed by atoms with E-state index in [9.17, 15) is 0 Å². The monoisotopic (exact) mass is 219 g/mol. The van der Waals surface area contributed by atoms with E-state index in [0.717, 1.165) is 10.7 Å². The first kappa shape index (κ1) is 9.41. The van der Waals surface area contributed by atoms with Crippen molar-refractivity contribution in [2.24, 2.45) is 10.9 Å². The zero-order valence-corrected chi connectivity index (χ0v) is 9.59. The first-order valence-corrected chi connectivity index (χ1v) is 5.98. The zero-order valence-electron chi connectivity index (χ0n) is 8.83. The van der Waals surface area contributed by atoms with Gasteiger partial charge in [-0.05, 0) is 49.4 Å². The van der Waals surface area contributed by atoms with Crippen LogP contribution in [0.25, 0.3) is 0 Å². The van der Waals surface area contributed by atoms with Crippen molar-refractivity contribution in [3.05, 3.63) is 28.8 Å². The molecule has 0 bridgehead atoms. The molecule has 0 radical (unpaired) electrons. The Balaban J connectivity index is 2.17. The van der Waals surface area contributed by atoms with E-state index in [1.54, 1.807) is 0 Å². The van der Waals surface area contributed by atoms with Crippen LogP contribution in [0.5, 0.6) is 0 Å². The molecule has 0 aromatic heterocycles. The minimum absolute atomic E-state index is 0.677. The van der Waals surface area contributed by atoms with E-state index in [1.165, 1.54) is 30.5 Å². The van der Waals surface area contributed by atoms with E-state index in [2.05, 4.69) is 24.0 Å². The maximum absolute atomic E-state index is 6.05. The summed E-state index contributed by atoms with van der Waals surface area (Å²) >= 11 is 6.05. The van der Waals surface area contributed by atoms with Crippen LogP contribution in [-0.4, -0.2) is 5.71 Å². The highest BCUT2D eigenvalue weighted by molar-refractivity contribution is 6.30. The Bertz CT molecular complexity index is 436. The third-order valence-corrected chi connectivity index (χ3v) is 3.97. The Kier molecular flexibility index (Phi) is 2.10. The lowest BCUT2D eigenvalue weighted by Gasteiger charge is -2.26. The van der Waals surface area contributed by atoms with Crippen LogP contribution >= 0.6 is 11.6 Å². The summed E-state index contributed by atoms with van der Waals surface area (Å²) in [4.78, 5) is 4.69. The lowest BCUT2D eigenvalue weighted by molar-refractivity contribution is 0.612. The summed E-state index contributed by atoms with van der Waals surface area (Å²) in [6, 6.07) is 6.10.